The molecule has 2 aliphatic heterocycles. The van der Waals surface area contributed by atoms with Crippen LogP contribution in [0, 0.1) is 19.3 Å². The Labute approximate surface area is 195 Å². The molecule has 1 N–H and O–H groups in total. The summed E-state index contributed by atoms with van der Waals surface area (Å²) in [6.07, 6.45) is 7.22. The van der Waals surface area contributed by atoms with Crippen LogP contribution < -0.4 is 10.1 Å². The highest BCUT2D eigenvalue weighted by molar-refractivity contribution is 5.96. The van der Waals surface area contributed by atoms with Crippen molar-refractivity contribution in [1.29, 1.82) is 0 Å². The summed E-state index contributed by atoms with van der Waals surface area (Å²) in [4.78, 5) is 28.1. The summed E-state index contributed by atoms with van der Waals surface area (Å²) < 4.78 is 11.1. The van der Waals surface area contributed by atoms with Crippen LogP contribution in [0.1, 0.15) is 72.3 Å². The molecule has 1 saturated heterocycles. The number of hydrogen-bond donors (Lipinski definition) is 1. The molecule has 0 radical (unpaired) electrons. The zero-order valence-electron chi connectivity index (χ0n) is 19.8. The number of carbonyl (C=O) groups excluding carboxylic acids is 2. The van der Waals surface area contributed by atoms with E-state index in [0.29, 0.717) is 43.9 Å². The Bertz CT molecular complexity index is 966. The Morgan fingerprint density at radius 1 is 1.15 bits per heavy atom. The molecular weight excluding hydrogens is 418 g/mol. The summed E-state index contributed by atoms with van der Waals surface area (Å²) in [7, 11) is 0. The molecule has 7 nitrogen and oxygen atoms in total. The van der Waals surface area contributed by atoms with Crippen molar-refractivity contribution in [2.24, 2.45) is 5.41 Å². The van der Waals surface area contributed by atoms with E-state index in [-0.39, 0.29) is 17.2 Å². The summed E-state index contributed by atoms with van der Waals surface area (Å²) in [6.45, 7) is 6.49. The van der Waals surface area contributed by atoms with Crippen LogP contribution in [0.25, 0.3) is 0 Å². The van der Waals surface area contributed by atoms with E-state index >= 15 is 0 Å². The molecule has 7 heteroatoms. The SMILES string of the molecule is Cc1noc(C)c1CCC(=O)N1CCCC2(CCCCCOc3ccccc3C(=O)NC2)C1. The molecule has 1 spiro atoms. The largest absolute Gasteiger partial charge is 0.493 e. The molecule has 0 aliphatic carbocycles. The first-order chi connectivity index (χ1) is 16.0. The molecule has 2 aliphatic rings. The maximum absolute atomic E-state index is 13.1. The molecule has 33 heavy (non-hydrogen) atoms. The van der Waals surface area contributed by atoms with Gasteiger partial charge in [0.1, 0.15) is 11.5 Å². The van der Waals surface area contributed by atoms with E-state index in [4.69, 9.17) is 9.26 Å². The monoisotopic (exact) mass is 453 g/mol. The highest BCUT2D eigenvalue weighted by atomic mass is 16.5. The van der Waals surface area contributed by atoms with E-state index in [2.05, 4.69) is 10.5 Å². The fourth-order valence-corrected chi connectivity index (χ4v) is 5.21. The van der Waals surface area contributed by atoms with Crippen LogP contribution in [0.4, 0.5) is 0 Å². The van der Waals surface area contributed by atoms with Crippen molar-refractivity contribution in [3.63, 3.8) is 0 Å². The Morgan fingerprint density at radius 2 is 1.97 bits per heavy atom. The first kappa shape index (κ1) is 23.3. The number of hydrogen-bond acceptors (Lipinski definition) is 5. The van der Waals surface area contributed by atoms with Gasteiger partial charge in [-0.1, -0.05) is 30.1 Å². The van der Waals surface area contributed by atoms with Gasteiger partial charge in [0, 0.05) is 37.0 Å². The van der Waals surface area contributed by atoms with E-state index in [1.165, 1.54) is 0 Å². The van der Waals surface area contributed by atoms with Crippen LogP contribution in [-0.2, 0) is 11.2 Å². The average molecular weight is 454 g/mol. The van der Waals surface area contributed by atoms with Gasteiger partial charge >= 0.3 is 0 Å². The van der Waals surface area contributed by atoms with Crippen molar-refractivity contribution < 1.29 is 18.8 Å². The minimum absolute atomic E-state index is 0.0817. The van der Waals surface area contributed by atoms with Crippen LogP contribution >= 0.6 is 0 Å². The standard InChI is InChI=1S/C26H35N3O4/c1-19-21(20(2)33-28-19)11-12-24(30)29-15-8-14-26(18-29)13-6-3-7-16-32-23-10-5-4-9-22(23)25(31)27-17-26/h4-5,9-10H,3,6-8,11-18H2,1-2H3,(H,27,31). The molecule has 1 atom stereocenters. The van der Waals surface area contributed by atoms with Crippen molar-refractivity contribution in [3.05, 3.63) is 46.8 Å². The zero-order valence-corrected chi connectivity index (χ0v) is 19.8. The highest BCUT2D eigenvalue weighted by Crippen LogP contribution is 2.36. The van der Waals surface area contributed by atoms with E-state index < -0.39 is 0 Å². The lowest BCUT2D eigenvalue weighted by Crippen LogP contribution is -2.51. The van der Waals surface area contributed by atoms with Crippen molar-refractivity contribution >= 4 is 11.8 Å². The van der Waals surface area contributed by atoms with Gasteiger partial charge in [-0.25, -0.2) is 0 Å². The van der Waals surface area contributed by atoms with Gasteiger partial charge in [-0.3, -0.25) is 9.59 Å². The molecule has 1 aromatic heterocycles. The highest BCUT2D eigenvalue weighted by Gasteiger charge is 2.37. The Hall–Kier alpha value is -2.83. The minimum atomic E-state index is -0.104. The molecule has 178 valence electrons. The number of aryl methyl sites for hydroxylation is 2. The smallest absolute Gasteiger partial charge is 0.255 e. The predicted octanol–water partition coefficient (Wildman–Crippen LogP) is 4.22. The molecule has 2 aromatic rings. The minimum Gasteiger partial charge on any atom is -0.493 e. The second kappa shape index (κ2) is 10.4. The first-order valence-corrected chi connectivity index (χ1v) is 12.2. The van der Waals surface area contributed by atoms with Crippen molar-refractivity contribution in [1.82, 2.24) is 15.4 Å². The summed E-state index contributed by atoms with van der Waals surface area (Å²) >= 11 is 0. The fourth-order valence-electron chi connectivity index (χ4n) is 5.21. The van der Waals surface area contributed by atoms with Crippen molar-refractivity contribution in [2.45, 2.75) is 65.2 Å². The Kier molecular flexibility index (Phi) is 7.36. The van der Waals surface area contributed by atoms with Crippen LogP contribution in [0.15, 0.2) is 28.8 Å². The van der Waals surface area contributed by atoms with E-state index in [1.807, 2.05) is 43.0 Å². The number of rotatable bonds is 3. The number of amides is 2. The molecular formula is C26H35N3O4. The van der Waals surface area contributed by atoms with Gasteiger partial charge in [0.2, 0.25) is 5.91 Å². The molecule has 2 amide bonds. The number of likely N-dealkylation sites (tertiary alicyclic amines) is 1. The average Bonchev–Trinajstić information content (AvgIpc) is 3.15. The fraction of sp³-hybridized carbons (Fsp3) is 0.577. The second-order valence-corrected chi connectivity index (χ2v) is 9.56. The van der Waals surface area contributed by atoms with E-state index in [0.717, 1.165) is 62.1 Å². The number of fused-ring (bicyclic) bond motifs is 1. The molecule has 3 heterocycles. The molecule has 0 saturated carbocycles. The van der Waals surface area contributed by atoms with Crippen LogP contribution in [0.5, 0.6) is 5.75 Å². The number of nitrogens with zero attached hydrogens (tertiary/aromatic N) is 2. The van der Waals surface area contributed by atoms with E-state index in [1.54, 1.807) is 0 Å². The quantitative estimate of drug-likeness (QED) is 0.752. The topological polar surface area (TPSA) is 84.7 Å². The summed E-state index contributed by atoms with van der Waals surface area (Å²) in [6, 6.07) is 7.43. The number of ether oxygens (including phenoxy) is 1. The third-order valence-electron chi connectivity index (χ3n) is 7.15. The van der Waals surface area contributed by atoms with Crippen molar-refractivity contribution in [3.8, 4) is 5.75 Å². The lowest BCUT2D eigenvalue weighted by atomic mass is 9.75. The predicted molar refractivity (Wildman–Crippen MR) is 125 cm³/mol. The molecule has 1 fully saturated rings. The second-order valence-electron chi connectivity index (χ2n) is 9.56. The van der Waals surface area contributed by atoms with Gasteiger partial charge in [0.05, 0.1) is 17.9 Å². The Morgan fingerprint density at radius 3 is 2.79 bits per heavy atom. The van der Waals surface area contributed by atoms with E-state index in [9.17, 15) is 9.59 Å². The number of benzene rings is 1. The van der Waals surface area contributed by atoms with Gasteiger partial charge in [0.15, 0.2) is 0 Å². The first-order valence-electron chi connectivity index (χ1n) is 12.2. The lowest BCUT2D eigenvalue weighted by Gasteiger charge is -2.43. The molecule has 0 bridgehead atoms. The summed E-state index contributed by atoms with van der Waals surface area (Å²) in [5.74, 6) is 1.50. The number of piperidine rings is 1. The maximum Gasteiger partial charge on any atom is 0.255 e. The van der Waals surface area contributed by atoms with Crippen LogP contribution in [0.2, 0.25) is 0 Å². The van der Waals surface area contributed by atoms with Gasteiger partial charge in [-0.15, -0.1) is 0 Å². The molecule has 1 unspecified atom stereocenters. The number of carbonyl (C=O) groups is 2. The number of para-hydroxylation sites is 1. The van der Waals surface area contributed by atoms with Gasteiger partial charge < -0.3 is 19.5 Å². The zero-order chi connectivity index (χ0) is 23.3. The third-order valence-corrected chi connectivity index (χ3v) is 7.15. The maximum atomic E-state index is 13.1. The Balaban J connectivity index is 1.44. The van der Waals surface area contributed by atoms with Gasteiger partial charge in [-0.05, 0) is 58.1 Å². The third kappa shape index (κ3) is 5.57. The lowest BCUT2D eigenvalue weighted by molar-refractivity contribution is -0.134. The van der Waals surface area contributed by atoms with Gasteiger partial charge in [0.25, 0.3) is 5.91 Å². The molecule has 1 aromatic carbocycles. The van der Waals surface area contributed by atoms with Crippen LogP contribution in [0.3, 0.4) is 0 Å². The van der Waals surface area contributed by atoms with Gasteiger partial charge in [-0.2, -0.15) is 0 Å². The summed E-state index contributed by atoms with van der Waals surface area (Å²) in [5.41, 5.74) is 2.40. The number of nitrogens with one attached hydrogen (secondary N) is 1. The van der Waals surface area contributed by atoms with Crippen molar-refractivity contribution in [2.75, 3.05) is 26.2 Å². The normalized spacial score (nSPS) is 22.0. The van der Waals surface area contributed by atoms with Crippen LogP contribution in [-0.4, -0.2) is 48.1 Å². The molecule has 4 rings (SSSR count). The number of aromatic nitrogens is 1. The summed E-state index contributed by atoms with van der Waals surface area (Å²) in [5, 5.41) is 7.17.